The number of likely N-dealkylation sites (N-methyl/N-ethyl adjacent to an activating group) is 1. The van der Waals surface area contributed by atoms with Crippen molar-refractivity contribution in [1.29, 1.82) is 0 Å². The summed E-state index contributed by atoms with van der Waals surface area (Å²) in [5.41, 5.74) is 0.561. The third kappa shape index (κ3) is 3.28. The topological polar surface area (TPSA) is 77.9 Å². The first-order chi connectivity index (χ1) is 9.73. The molecule has 0 unspecified atom stereocenters. The summed E-state index contributed by atoms with van der Waals surface area (Å²) >= 11 is 3.27. The van der Waals surface area contributed by atoms with E-state index in [4.69, 9.17) is 5.11 Å². The molecular weight excluding hydrogens is 360 g/mol. The van der Waals surface area contributed by atoms with Crippen molar-refractivity contribution >= 4 is 31.9 Å². The van der Waals surface area contributed by atoms with E-state index in [0.717, 1.165) is 0 Å². The maximum Gasteiger partial charge on any atom is 0.335 e. The van der Waals surface area contributed by atoms with Gasteiger partial charge >= 0.3 is 5.97 Å². The van der Waals surface area contributed by atoms with Gasteiger partial charge in [0.1, 0.15) is 0 Å². The zero-order valence-corrected chi connectivity index (χ0v) is 14.2. The van der Waals surface area contributed by atoms with E-state index in [-0.39, 0.29) is 10.5 Å². The Morgan fingerprint density at radius 3 is 2.33 bits per heavy atom. The minimum atomic E-state index is -3.70. The van der Waals surface area contributed by atoms with Crippen LogP contribution in [-0.4, -0.2) is 61.9 Å². The number of rotatable bonds is 3. The van der Waals surface area contributed by atoms with Gasteiger partial charge in [-0.05, 0) is 47.6 Å². The molecule has 0 aromatic heterocycles. The minimum Gasteiger partial charge on any atom is -0.478 e. The van der Waals surface area contributed by atoms with E-state index in [0.29, 0.717) is 36.2 Å². The van der Waals surface area contributed by atoms with Crippen molar-refractivity contribution in [2.75, 3.05) is 33.2 Å². The molecular formula is C13H17BrN2O4S. The van der Waals surface area contributed by atoms with E-state index in [2.05, 4.69) is 20.8 Å². The third-order valence-electron chi connectivity index (χ3n) is 3.55. The predicted molar refractivity (Wildman–Crippen MR) is 82.1 cm³/mol. The number of piperazine rings is 1. The van der Waals surface area contributed by atoms with Gasteiger partial charge in [-0.15, -0.1) is 0 Å². The van der Waals surface area contributed by atoms with Crippen LogP contribution in [0.15, 0.2) is 21.5 Å². The van der Waals surface area contributed by atoms with Gasteiger partial charge < -0.3 is 10.0 Å². The van der Waals surface area contributed by atoms with Crippen molar-refractivity contribution in [1.82, 2.24) is 9.21 Å². The van der Waals surface area contributed by atoms with Crippen LogP contribution in [0.4, 0.5) is 0 Å². The number of hydrogen-bond acceptors (Lipinski definition) is 4. The minimum absolute atomic E-state index is 0.0180. The summed E-state index contributed by atoms with van der Waals surface area (Å²) in [6.45, 7) is 3.81. The van der Waals surface area contributed by atoms with Crippen molar-refractivity contribution in [3.8, 4) is 0 Å². The highest BCUT2D eigenvalue weighted by Crippen LogP contribution is 2.30. The summed E-state index contributed by atoms with van der Waals surface area (Å²) in [6, 6.07) is 2.67. The third-order valence-corrected chi connectivity index (χ3v) is 6.79. The quantitative estimate of drug-likeness (QED) is 0.862. The number of sulfonamides is 1. The van der Waals surface area contributed by atoms with Crippen molar-refractivity contribution < 1.29 is 18.3 Å². The summed E-state index contributed by atoms with van der Waals surface area (Å²) < 4.78 is 27.3. The second-order valence-electron chi connectivity index (χ2n) is 5.12. The highest BCUT2D eigenvalue weighted by Gasteiger charge is 2.30. The molecule has 1 aliphatic rings. The first-order valence-corrected chi connectivity index (χ1v) is 8.69. The van der Waals surface area contributed by atoms with E-state index >= 15 is 0 Å². The van der Waals surface area contributed by atoms with Crippen molar-refractivity contribution in [3.05, 3.63) is 27.7 Å². The van der Waals surface area contributed by atoms with Gasteiger partial charge in [0.2, 0.25) is 10.0 Å². The molecule has 1 fully saturated rings. The van der Waals surface area contributed by atoms with Crippen LogP contribution >= 0.6 is 15.9 Å². The van der Waals surface area contributed by atoms with Gasteiger partial charge in [0.15, 0.2) is 0 Å². The van der Waals surface area contributed by atoms with E-state index in [1.54, 1.807) is 6.92 Å². The molecule has 21 heavy (non-hydrogen) atoms. The second-order valence-corrected chi connectivity index (χ2v) is 7.82. The fourth-order valence-electron chi connectivity index (χ4n) is 2.22. The van der Waals surface area contributed by atoms with Crippen molar-refractivity contribution in [2.45, 2.75) is 11.8 Å². The highest BCUT2D eigenvalue weighted by atomic mass is 79.9. The number of hydrogen-bond donors (Lipinski definition) is 1. The monoisotopic (exact) mass is 376 g/mol. The number of nitrogens with zero attached hydrogens (tertiary/aromatic N) is 2. The zero-order valence-electron chi connectivity index (χ0n) is 11.8. The van der Waals surface area contributed by atoms with Gasteiger partial charge in [0.25, 0.3) is 0 Å². The molecule has 1 aromatic carbocycles. The average Bonchev–Trinajstić information content (AvgIpc) is 2.41. The number of carbonyl (C=O) groups is 1. The lowest BCUT2D eigenvalue weighted by molar-refractivity contribution is 0.0696. The Labute approximate surface area is 132 Å². The van der Waals surface area contributed by atoms with Gasteiger partial charge in [0, 0.05) is 30.7 Å². The van der Waals surface area contributed by atoms with E-state index in [1.165, 1.54) is 16.4 Å². The molecule has 1 N–H and O–H groups in total. The Morgan fingerprint density at radius 1 is 1.24 bits per heavy atom. The lowest BCUT2D eigenvalue weighted by atomic mass is 10.1. The lowest BCUT2D eigenvalue weighted by Gasteiger charge is -2.31. The maximum absolute atomic E-state index is 12.7. The molecule has 1 heterocycles. The summed E-state index contributed by atoms with van der Waals surface area (Å²) in [4.78, 5) is 13.2. The van der Waals surface area contributed by atoms with Crippen LogP contribution in [0.2, 0.25) is 0 Å². The largest absolute Gasteiger partial charge is 0.478 e. The van der Waals surface area contributed by atoms with Crippen LogP contribution in [0.5, 0.6) is 0 Å². The first-order valence-electron chi connectivity index (χ1n) is 6.45. The summed E-state index contributed by atoms with van der Waals surface area (Å²) in [7, 11) is -1.76. The fourth-order valence-corrected chi connectivity index (χ4v) is 4.64. The van der Waals surface area contributed by atoms with E-state index in [1.807, 2.05) is 7.05 Å². The standard InChI is InChI=1S/C13H17BrN2O4S/c1-9-7-10(13(17)18)8-11(12(9)14)21(19,20)16-5-3-15(2)4-6-16/h7-8H,3-6H2,1-2H3,(H,17,18). The summed E-state index contributed by atoms with van der Waals surface area (Å²) in [6.07, 6.45) is 0. The Balaban J connectivity index is 2.47. The molecule has 0 spiro atoms. The zero-order chi connectivity index (χ0) is 15.8. The second kappa shape index (κ2) is 6.04. The van der Waals surface area contributed by atoms with Gasteiger partial charge in [0.05, 0.1) is 10.5 Å². The van der Waals surface area contributed by atoms with Crippen molar-refractivity contribution in [2.24, 2.45) is 0 Å². The van der Waals surface area contributed by atoms with Crippen LogP contribution in [0.25, 0.3) is 0 Å². The SMILES string of the molecule is Cc1cc(C(=O)O)cc(S(=O)(=O)N2CCN(C)CC2)c1Br. The normalized spacial score (nSPS) is 17.9. The molecule has 0 radical (unpaired) electrons. The van der Waals surface area contributed by atoms with Crippen LogP contribution in [-0.2, 0) is 10.0 Å². The Morgan fingerprint density at radius 2 is 1.81 bits per heavy atom. The maximum atomic E-state index is 12.7. The molecule has 116 valence electrons. The van der Waals surface area contributed by atoms with E-state index in [9.17, 15) is 13.2 Å². The van der Waals surface area contributed by atoms with E-state index < -0.39 is 16.0 Å². The molecule has 8 heteroatoms. The highest BCUT2D eigenvalue weighted by molar-refractivity contribution is 9.10. The average molecular weight is 377 g/mol. The molecule has 2 rings (SSSR count). The predicted octanol–water partition coefficient (Wildman–Crippen LogP) is 1.39. The first kappa shape index (κ1) is 16.4. The van der Waals surface area contributed by atoms with Crippen LogP contribution in [0, 0.1) is 6.92 Å². The van der Waals surface area contributed by atoms with Gasteiger partial charge in [-0.25, -0.2) is 13.2 Å². The molecule has 6 nitrogen and oxygen atoms in total. The molecule has 0 aliphatic carbocycles. The Hall–Kier alpha value is -0.960. The van der Waals surface area contributed by atoms with Crippen LogP contribution < -0.4 is 0 Å². The number of aryl methyl sites for hydroxylation is 1. The van der Waals surface area contributed by atoms with Gasteiger partial charge in [-0.3, -0.25) is 0 Å². The number of carboxylic acid groups (broad SMARTS) is 1. The summed E-state index contributed by atoms with van der Waals surface area (Å²) in [5.74, 6) is -1.14. The van der Waals surface area contributed by atoms with Gasteiger partial charge in [-0.1, -0.05) is 0 Å². The molecule has 1 aromatic rings. The molecule has 0 saturated carbocycles. The number of halogens is 1. The van der Waals surface area contributed by atoms with Crippen LogP contribution in [0.1, 0.15) is 15.9 Å². The van der Waals surface area contributed by atoms with Crippen molar-refractivity contribution in [3.63, 3.8) is 0 Å². The number of carboxylic acids is 1. The Bertz CT molecular complexity index is 667. The molecule has 1 saturated heterocycles. The summed E-state index contributed by atoms with van der Waals surface area (Å²) in [5, 5.41) is 9.10. The fraction of sp³-hybridized carbons (Fsp3) is 0.462. The molecule has 1 aliphatic heterocycles. The molecule has 0 bridgehead atoms. The van der Waals surface area contributed by atoms with Gasteiger partial charge in [-0.2, -0.15) is 4.31 Å². The number of aromatic carboxylic acids is 1. The molecule has 0 atom stereocenters. The Kier molecular flexibility index (Phi) is 4.72. The molecule has 0 amide bonds. The van der Waals surface area contributed by atoms with Crippen LogP contribution in [0.3, 0.4) is 0 Å². The lowest BCUT2D eigenvalue weighted by Crippen LogP contribution is -2.47. The smallest absolute Gasteiger partial charge is 0.335 e. The number of benzene rings is 1.